The highest BCUT2D eigenvalue weighted by atomic mass is 32.1. The first-order valence-corrected chi connectivity index (χ1v) is 7.42. The normalized spacial score (nSPS) is 11.2. The van der Waals surface area contributed by atoms with E-state index in [-0.39, 0.29) is 4.87 Å². The molecule has 0 unspecified atom stereocenters. The van der Waals surface area contributed by atoms with Crippen molar-refractivity contribution in [3.8, 4) is 10.6 Å². The monoisotopic (exact) mass is 268 g/mol. The smallest absolute Gasteiger partial charge is 0.305 e. The molecule has 0 amide bonds. The number of nitrogens with one attached hydrogen (secondary N) is 1. The average Bonchev–Trinajstić information content (AvgIpc) is 2.94. The first kappa shape index (κ1) is 12.5. The lowest BCUT2D eigenvalue weighted by Gasteiger charge is -2.17. The summed E-state index contributed by atoms with van der Waals surface area (Å²) in [6, 6.07) is 4.06. The summed E-state index contributed by atoms with van der Waals surface area (Å²) in [6.07, 6.45) is 0. The van der Waals surface area contributed by atoms with Crippen molar-refractivity contribution in [1.29, 1.82) is 0 Å². The fourth-order valence-electron chi connectivity index (χ4n) is 1.74. The molecule has 0 radical (unpaired) electrons. The fourth-order valence-corrected chi connectivity index (χ4v) is 3.45. The van der Waals surface area contributed by atoms with E-state index in [1.807, 2.05) is 17.5 Å². The molecule has 17 heavy (non-hydrogen) atoms. The van der Waals surface area contributed by atoms with Gasteiger partial charge in [0.1, 0.15) is 0 Å². The quantitative estimate of drug-likeness (QED) is 0.905. The molecule has 2 aromatic rings. The number of hydrogen-bond acceptors (Lipinski definition) is 4. The van der Waals surface area contributed by atoms with Gasteiger partial charge >= 0.3 is 4.87 Å². The van der Waals surface area contributed by atoms with Gasteiger partial charge in [0.15, 0.2) is 0 Å². The van der Waals surface area contributed by atoms with Crippen molar-refractivity contribution in [2.75, 3.05) is 13.1 Å². The van der Waals surface area contributed by atoms with Crippen LogP contribution in [0.5, 0.6) is 0 Å². The molecule has 2 aromatic heterocycles. The highest BCUT2D eigenvalue weighted by Gasteiger charge is 2.13. The van der Waals surface area contributed by atoms with Crippen LogP contribution in [0, 0.1) is 0 Å². The first-order chi connectivity index (χ1) is 8.24. The number of nitrogens with zero attached hydrogens (tertiary/aromatic N) is 1. The molecule has 0 aromatic carbocycles. The summed E-state index contributed by atoms with van der Waals surface area (Å²) in [6.45, 7) is 7.15. The van der Waals surface area contributed by atoms with Crippen molar-refractivity contribution in [1.82, 2.24) is 9.88 Å². The number of hydrogen-bond donors (Lipinski definition) is 1. The summed E-state index contributed by atoms with van der Waals surface area (Å²) >= 11 is 2.99. The van der Waals surface area contributed by atoms with Gasteiger partial charge in [0, 0.05) is 11.4 Å². The lowest BCUT2D eigenvalue weighted by molar-refractivity contribution is 0.298. The number of H-pyrrole nitrogens is 1. The Morgan fingerprint density at radius 1 is 1.35 bits per heavy atom. The summed E-state index contributed by atoms with van der Waals surface area (Å²) in [5, 5.41) is 2.03. The van der Waals surface area contributed by atoms with Gasteiger partial charge in [-0.3, -0.25) is 9.69 Å². The van der Waals surface area contributed by atoms with Crippen molar-refractivity contribution < 1.29 is 0 Å². The maximum Gasteiger partial charge on any atom is 0.305 e. The van der Waals surface area contributed by atoms with Gasteiger partial charge in [-0.05, 0) is 24.5 Å². The van der Waals surface area contributed by atoms with Gasteiger partial charge < -0.3 is 4.98 Å². The maximum absolute atomic E-state index is 11.5. The van der Waals surface area contributed by atoms with E-state index >= 15 is 0 Å². The minimum atomic E-state index is 0.0376. The second-order valence-corrected chi connectivity index (χ2v) is 5.77. The predicted octanol–water partition coefficient (Wildman–Crippen LogP) is 3.01. The Bertz CT molecular complexity index is 509. The van der Waals surface area contributed by atoms with E-state index in [1.165, 1.54) is 11.3 Å². The third-order valence-corrected chi connectivity index (χ3v) is 4.51. The van der Waals surface area contributed by atoms with E-state index in [0.29, 0.717) is 0 Å². The number of thiophene rings is 1. The summed E-state index contributed by atoms with van der Waals surface area (Å²) in [7, 11) is 0. The topological polar surface area (TPSA) is 36.1 Å². The molecule has 92 valence electrons. The van der Waals surface area contributed by atoms with Gasteiger partial charge in [0.25, 0.3) is 0 Å². The Kier molecular flexibility index (Phi) is 4.15. The van der Waals surface area contributed by atoms with Crippen molar-refractivity contribution in [2.45, 2.75) is 20.4 Å². The van der Waals surface area contributed by atoms with Crippen LogP contribution in [0.1, 0.15) is 18.7 Å². The predicted molar refractivity (Wildman–Crippen MR) is 74.9 cm³/mol. The Labute approximate surface area is 109 Å². The van der Waals surface area contributed by atoms with E-state index in [2.05, 4.69) is 23.7 Å². The zero-order valence-corrected chi connectivity index (χ0v) is 11.7. The van der Waals surface area contributed by atoms with Gasteiger partial charge in [-0.1, -0.05) is 31.3 Å². The molecule has 2 rings (SSSR count). The van der Waals surface area contributed by atoms with E-state index in [4.69, 9.17) is 0 Å². The molecule has 0 bridgehead atoms. The van der Waals surface area contributed by atoms with Gasteiger partial charge in [-0.2, -0.15) is 0 Å². The highest BCUT2D eigenvalue weighted by Crippen LogP contribution is 2.28. The van der Waals surface area contributed by atoms with Crippen LogP contribution in [0.25, 0.3) is 10.6 Å². The van der Waals surface area contributed by atoms with Crippen LogP contribution in [0.15, 0.2) is 22.3 Å². The second-order valence-electron chi connectivity index (χ2n) is 3.75. The molecule has 1 N–H and O–H groups in total. The molecule has 3 nitrogen and oxygen atoms in total. The molecule has 0 aliphatic rings. The maximum atomic E-state index is 11.5. The lowest BCUT2D eigenvalue weighted by atomic mass is 10.3. The van der Waals surface area contributed by atoms with E-state index in [9.17, 15) is 4.79 Å². The van der Waals surface area contributed by atoms with Crippen molar-refractivity contribution >= 4 is 22.7 Å². The van der Waals surface area contributed by atoms with Gasteiger partial charge in [-0.15, -0.1) is 11.3 Å². The van der Waals surface area contributed by atoms with Crippen molar-refractivity contribution in [2.24, 2.45) is 0 Å². The molecule has 0 saturated carbocycles. The van der Waals surface area contributed by atoms with Crippen LogP contribution in [0.3, 0.4) is 0 Å². The SMILES string of the molecule is CCN(CC)Cc1sc(=O)[nH]c1-c1cccs1. The number of thiazole rings is 1. The summed E-state index contributed by atoms with van der Waals surface area (Å²) < 4.78 is 0. The summed E-state index contributed by atoms with van der Waals surface area (Å²) in [5.41, 5.74) is 1.00. The van der Waals surface area contributed by atoms with E-state index in [1.54, 1.807) is 11.3 Å². The minimum absolute atomic E-state index is 0.0376. The Morgan fingerprint density at radius 2 is 2.12 bits per heavy atom. The summed E-state index contributed by atoms with van der Waals surface area (Å²) in [4.78, 5) is 19.1. The van der Waals surface area contributed by atoms with Gasteiger partial charge in [0.2, 0.25) is 0 Å². The molecular weight excluding hydrogens is 252 g/mol. The number of aromatic amines is 1. The highest BCUT2D eigenvalue weighted by molar-refractivity contribution is 7.14. The Morgan fingerprint density at radius 3 is 2.71 bits per heavy atom. The Hall–Kier alpha value is -0.910. The standard InChI is InChI=1S/C12H16N2OS2/c1-3-14(4-2)8-10-11(13-12(15)17-10)9-6-5-7-16-9/h5-7H,3-4,8H2,1-2H3,(H,13,15). The second kappa shape index (κ2) is 5.62. The molecule has 5 heteroatoms. The molecule has 0 saturated heterocycles. The van der Waals surface area contributed by atoms with Crippen LogP contribution in [-0.4, -0.2) is 23.0 Å². The minimum Gasteiger partial charge on any atom is -0.311 e. The first-order valence-electron chi connectivity index (χ1n) is 5.72. The number of aromatic nitrogens is 1. The molecule has 0 aliphatic heterocycles. The average molecular weight is 268 g/mol. The lowest BCUT2D eigenvalue weighted by Crippen LogP contribution is -2.21. The van der Waals surface area contributed by atoms with Crippen LogP contribution >= 0.6 is 22.7 Å². The van der Waals surface area contributed by atoms with Gasteiger partial charge in [0.05, 0.1) is 10.6 Å². The third kappa shape index (κ3) is 2.86. The molecule has 2 heterocycles. The largest absolute Gasteiger partial charge is 0.311 e. The zero-order chi connectivity index (χ0) is 12.3. The molecule has 0 fully saturated rings. The van der Waals surface area contributed by atoms with Crippen LogP contribution in [0.4, 0.5) is 0 Å². The molecule has 0 atom stereocenters. The van der Waals surface area contributed by atoms with Crippen LogP contribution in [-0.2, 0) is 6.54 Å². The van der Waals surface area contributed by atoms with Crippen LogP contribution in [0.2, 0.25) is 0 Å². The van der Waals surface area contributed by atoms with E-state index in [0.717, 1.165) is 35.1 Å². The molecule has 0 spiro atoms. The summed E-state index contributed by atoms with van der Waals surface area (Å²) in [5.74, 6) is 0. The van der Waals surface area contributed by atoms with Gasteiger partial charge in [-0.25, -0.2) is 0 Å². The number of rotatable bonds is 5. The van der Waals surface area contributed by atoms with E-state index < -0.39 is 0 Å². The fraction of sp³-hybridized carbons (Fsp3) is 0.417. The molecular formula is C12H16N2OS2. The zero-order valence-electron chi connectivity index (χ0n) is 10.0. The van der Waals surface area contributed by atoms with Crippen molar-refractivity contribution in [3.63, 3.8) is 0 Å². The van der Waals surface area contributed by atoms with Crippen molar-refractivity contribution in [3.05, 3.63) is 32.1 Å². The molecule has 0 aliphatic carbocycles. The Balaban J connectivity index is 2.31. The van der Waals surface area contributed by atoms with Crippen LogP contribution < -0.4 is 4.87 Å². The third-order valence-electron chi connectivity index (χ3n) is 2.75.